The van der Waals surface area contributed by atoms with Crippen molar-refractivity contribution in [1.29, 1.82) is 0 Å². The van der Waals surface area contributed by atoms with Crippen LogP contribution in [0.4, 0.5) is 89.7 Å². The summed E-state index contributed by atoms with van der Waals surface area (Å²) >= 11 is 6.90. The first-order chi connectivity index (χ1) is 61.1. The van der Waals surface area contributed by atoms with Gasteiger partial charge in [0.25, 0.3) is 6.43 Å². The minimum Gasteiger partial charge on any atom is -0.378 e. The number of halogens is 9. The third-order valence-electron chi connectivity index (χ3n) is 27.5. The van der Waals surface area contributed by atoms with Gasteiger partial charge in [0.15, 0.2) is 17.5 Å². The van der Waals surface area contributed by atoms with Gasteiger partial charge in [-0.1, -0.05) is 11.6 Å². The lowest BCUT2D eigenvalue weighted by Crippen LogP contribution is -2.52. The zero-order chi connectivity index (χ0) is 88.6. The smallest absolute Gasteiger partial charge is 0.378 e. The number of urea groups is 3. The molecule has 3 aromatic carbocycles. The van der Waals surface area contributed by atoms with Gasteiger partial charge in [-0.2, -0.15) is 56.9 Å². The minimum atomic E-state index is -4.57. The van der Waals surface area contributed by atoms with E-state index in [1.165, 1.54) is 38.7 Å². The molecule has 6 aromatic heterocycles. The van der Waals surface area contributed by atoms with Gasteiger partial charge in [0.05, 0.1) is 123 Å². The van der Waals surface area contributed by atoms with Crippen molar-refractivity contribution in [2.45, 2.75) is 152 Å². The maximum Gasteiger partial charge on any atom is 0.417 e. The van der Waals surface area contributed by atoms with Crippen LogP contribution < -0.4 is 35.6 Å². The highest BCUT2D eigenvalue weighted by Gasteiger charge is 2.44. The summed E-state index contributed by atoms with van der Waals surface area (Å²) < 4.78 is 134. The van der Waals surface area contributed by atoms with Crippen LogP contribution in [0.1, 0.15) is 132 Å². The van der Waals surface area contributed by atoms with Crippen LogP contribution in [0.5, 0.6) is 0 Å². The van der Waals surface area contributed by atoms with Gasteiger partial charge in [-0.15, -0.1) is 0 Å². The summed E-state index contributed by atoms with van der Waals surface area (Å²) in [6, 6.07) is 11.7. The summed E-state index contributed by atoms with van der Waals surface area (Å²) in [7, 11) is 12.1. The lowest BCUT2D eigenvalue weighted by atomic mass is 9.92. The zero-order valence-corrected chi connectivity index (χ0v) is 73.5. The van der Waals surface area contributed by atoms with Gasteiger partial charge in [0.1, 0.15) is 0 Å². The molecule has 11 aliphatic rings. The maximum absolute atomic E-state index is 14.6. The van der Waals surface area contributed by atoms with E-state index in [2.05, 4.69) is 67.4 Å². The lowest BCUT2D eigenvalue weighted by molar-refractivity contribution is -0.148. The Balaban J connectivity index is 0.000000129. The van der Waals surface area contributed by atoms with Gasteiger partial charge < -0.3 is 59.7 Å². The average molecular weight is 1790 g/mol. The number of likely N-dealkylation sites (tertiary alicyclic amines) is 3. The summed E-state index contributed by atoms with van der Waals surface area (Å²) in [6.45, 7) is 12.5. The molecule has 6 amide bonds. The van der Waals surface area contributed by atoms with Crippen LogP contribution in [-0.4, -0.2) is 271 Å². The second-order valence-corrected chi connectivity index (χ2v) is 35.7. The van der Waals surface area contributed by atoms with Crippen molar-refractivity contribution in [3.63, 3.8) is 0 Å². The van der Waals surface area contributed by atoms with Gasteiger partial charge in [-0.25, -0.2) is 23.2 Å². The average Bonchev–Trinajstić information content (AvgIpc) is 1.65. The Bertz CT molecular complexity index is 5530. The highest BCUT2D eigenvalue weighted by molar-refractivity contribution is 6.33. The first kappa shape index (κ1) is 87.2. The van der Waals surface area contributed by atoms with Crippen molar-refractivity contribution in [1.82, 2.24) is 104 Å². The summed E-state index contributed by atoms with van der Waals surface area (Å²) in [5.41, 5.74) is 14.2. The fourth-order valence-corrected chi connectivity index (χ4v) is 20.8. The molecule has 127 heavy (non-hydrogen) atoms. The van der Waals surface area contributed by atoms with E-state index in [4.69, 9.17) is 36.4 Å². The number of likely N-dealkylation sites (N-methyl/N-ethyl adjacent to an activating group) is 1. The molecule has 11 aliphatic heterocycles. The van der Waals surface area contributed by atoms with Crippen molar-refractivity contribution in [2.24, 2.45) is 21.1 Å². The number of piperidine rings is 3. The van der Waals surface area contributed by atoms with E-state index < -0.39 is 30.9 Å². The molecule has 3 N–H and O–H groups in total. The number of benzene rings is 3. The second-order valence-electron chi connectivity index (χ2n) is 35.3. The van der Waals surface area contributed by atoms with Crippen molar-refractivity contribution in [3.05, 3.63) is 135 Å². The number of rotatable bonds is 13. The number of anilines is 7. The summed E-state index contributed by atoms with van der Waals surface area (Å²) in [4.78, 5) is 58.1. The Labute approximate surface area is 736 Å². The number of carbonyl (C=O) groups is 3. The predicted octanol–water partition coefficient (Wildman–Crippen LogP) is 12.6. The molecule has 0 spiro atoms. The predicted molar refractivity (Wildman–Crippen MR) is 464 cm³/mol. The standard InChI is InChI=1S/C30H38F3N9O2.C29H37ClN8O2.C29H35F5N8O/c1-34-29(43)40-9-6-25-23(16-40)28(36-42(25)20-4-7-39(8-5-20)21-17-44-18-21)41-11-10-37(2)26-12-22(19-14-35-38(3)15-19)24(13-27(26)41)30(31,32)33;1-31-29(39)36-11-7-26-24(16-36)28(33-38(26)21-5-9-35(10-6-21)22-17-40-18-22)37-8-3-4-19-12-23(25(30)13-27(19)37)20-14-32-34(2)15-20;1-35-28(43)40-11-7-24-23(16-40)27(37-42(24)20-5-9-39(10-6-20)17-29(32,33)34)41-8-3-4-18-12-21(19-14-36-38(2)15-19)22(26(30)31)13-25(18)41/h12-15,20-21H,4-11,16-18H2,1-3H3,(H,34,43);12-15,21-22H,3-11,16-18H2,1-2H3,(H,31,39);12-15,20,26H,3-11,16-17H2,1-2H3,(H,35,43). The number of amides is 6. The van der Waals surface area contributed by atoms with Gasteiger partial charge >= 0.3 is 30.4 Å². The number of fused-ring (bicyclic) bond motifs is 6. The van der Waals surface area contributed by atoms with Crippen molar-refractivity contribution in [3.8, 4) is 33.4 Å². The van der Waals surface area contributed by atoms with Crippen molar-refractivity contribution >= 4 is 69.9 Å². The number of carbonyl (C=O) groups excluding carboxylic acids is 3. The summed E-state index contributed by atoms with van der Waals surface area (Å²) in [5, 5.41) is 37.2. The van der Waals surface area contributed by atoms with E-state index >= 15 is 0 Å². The third-order valence-corrected chi connectivity index (χ3v) is 27.8. The zero-order valence-electron chi connectivity index (χ0n) is 72.7. The molecule has 0 unspecified atom stereocenters. The van der Waals surface area contributed by atoms with E-state index in [1.807, 2.05) is 56.8 Å². The maximum atomic E-state index is 14.6. The molecule has 39 heteroatoms. The molecule has 680 valence electrons. The fourth-order valence-electron chi connectivity index (χ4n) is 20.6. The van der Waals surface area contributed by atoms with Crippen molar-refractivity contribution in [2.75, 3.05) is 166 Å². The molecular formula is C88H110ClF8N25O5. The van der Waals surface area contributed by atoms with Crippen LogP contribution in [-0.2, 0) is 88.5 Å². The SMILES string of the molecule is CNC(=O)N1CCc2c(c(N3CCCc4cc(-c5cnn(C)c5)c(C(F)F)cc43)nn2C2CCN(CC(F)(F)F)CC2)C1.CNC(=O)N1CCc2c(c(N3CCCc4cc(-c5cnn(C)c5)c(Cl)cc43)nn2C2CCN(C3COC3)CC2)C1.CNC(=O)N1CCc2c(c(N3CCN(C)c4cc(-c5cnn(C)c5)c(C(F)(F)F)cc43)nn2C2CCN(C3COC3)CC2)C1. The van der Waals surface area contributed by atoms with Crippen LogP contribution in [0.25, 0.3) is 33.4 Å². The molecule has 0 radical (unpaired) electrons. The topological polar surface area (TPSA) is 245 Å². The van der Waals surface area contributed by atoms with E-state index in [1.54, 1.807) is 85.1 Å². The molecule has 0 atom stereocenters. The van der Waals surface area contributed by atoms with Gasteiger partial charge in [0, 0.05) is 245 Å². The number of nitrogens with one attached hydrogen (secondary N) is 3. The van der Waals surface area contributed by atoms with Gasteiger partial charge in [-0.3, -0.25) is 42.8 Å². The van der Waals surface area contributed by atoms with Gasteiger partial charge in [0.2, 0.25) is 0 Å². The fraction of sp³-hybridized carbons (Fsp3) is 0.557. The van der Waals surface area contributed by atoms with Crippen LogP contribution in [0.2, 0.25) is 5.02 Å². The molecule has 9 aromatic rings. The quantitative estimate of drug-likeness (QED) is 0.0908. The first-order valence-electron chi connectivity index (χ1n) is 44.3. The molecule has 17 heterocycles. The largest absolute Gasteiger partial charge is 0.417 e. The van der Waals surface area contributed by atoms with Crippen LogP contribution in [0.15, 0.2) is 73.6 Å². The van der Waals surface area contributed by atoms with E-state index in [9.17, 15) is 49.5 Å². The number of hydrogen-bond acceptors (Lipinski definition) is 18. The van der Waals surface area contributed by atoms with Crippen LogP contribution in [0, 0.1) is 0 Å². The van der Waals surface area contributed by atoms with Crippen LogP contribution in [0.3, 0.4) is 0 Å². The highest BCUT2D eigenvalue weighted by atomic mass is 35.5. The number of nitrogens with zero attached hydrogens (tertiary/aromatic N) is 22. The second kappa shape index (κ2) is 35.8. The number of ether oxygens (including phenoxy) is 2. The molecule has 5 fully saturated rings. The summed E-state index contributed by atoms with van der Waals surface area (Å²) in [5.74, 6) is 2.24. The minimum absolute atomic E-state index is 0.0384. The number of hydrogen-bond donors (Lipinski definition) is 3. The number of alkyl halides is 8. The van der Waals surface area contributed by atoms with Crippen molar-refractivity contribution < 1.29 is 59.0 Å². The monoisotopic (exact) mass is 1780 g/mol. The molecule has 0 aliphatic carbocycles. The lowest BCUT2D eigenvalue weighted by Gasteiger charge is -2.41. The Hall–Kier alpha value is -10.5. The van der Waals surface area contributed by atoms with E-state index in [0.29, 0.717) is 173 Å². The normalized spacial score (nSPS) is 19.5. The molecule has 0 saturated carbocycles. The molecule has 0 bridgehead atoms. The number of aromatic nitrogens is 12. The first-order valence-corrected chi connectivity index (χ1v) is 44.7. The molecular weight excluding hydrogens is 1670 g/mol. The Morgan fingerprint density at radius 3 is 1.24 bits per heavy atom. The van der Waals surface area contributed by atoms with Gasteiger partial charge in [-0.05, 0) is 123 Å². The Morgan fingerprint density at radius 2 is 0.858 bits per heavy atom. The summed E-state index contributed by atoms with van der Waals surface area (Å²) in [6.07, 6.45) is 9.31. The molecule has 5 saturated heterocycles. The third kappa shape index (κ3) is 17.5. The number of aryl methyl sites for hydroxylation is 5. The molecule has 20 rings (SSSR count). The van der Waals surface area contributed by atoms with Crippen LogP contribution >= 0.6 is 11.6 Å². The molecule has 30 nitrogen and oxygen atoms in total. The van der Waals surface area contributed by atoms with E-state index in [0.717, 1.165) is 161 Å². The highest BCUT2D eigenvalue weighted by Crippen LogP contribution is 2.51. The Kier molecular flexibility index (Phi) is 24.6. The Morgan fingerprint density at radius 1 is 0.457 bits per heavy atom. The van der Waals surface area contributed by atoms with E-state index in [-0.39, 0.29) is 41.3 Å².